The maximum absolute atomic E-state index is 12.6. The van der Waals surface area contributed by atoms with E-state index in [1.54, 1.807) is 5.38 Å². The maximum Gasteiger partial charge on any atom is 0.355 e. The number of cyclic esters (lactones) is 1. The molecule has 3 aliphatic rings. The van der Waals surface area contributed by atoms with Crippen LogP contribution < -0.4 is 11.1 Å². The molecule has 1 fully saturated rings. The second-order valence-electron chi connectivity index (χ2n) is 5.58. The number of nitrogens with two attached hydrogens (primary N) is 1. The van der Waals surface area contributed by atoms with Gasteiger partial charge in [-0.2, -0.15) is 0 Å². The van der Waals surface area contributed by atoms with E-state index < -0.39 is 17.9 Å². The minimum absolute atomic E-state index is 0.0762. The van der Waals surface area contributed by atoms with Crippen LogP contribution in [0.4, 0.5) is 5.13 Å². The predicted molar refractivity (Wildman–Crippen MR) is 93.1 cm³/mol. The molecule has 0 aromatic carbocycles. The van der Waals surface area contributed by atoms with E-state index in [2.05, 4.69) is 15.5 Å². The molecular weight excluding hydrogens is 382 g/mol. The number of carbonyl (C=O) groups excluding carboxylic acids is 3. The van der Waals surface area contributed by atoms with Gasteiger partial charge in [-0.3, -0.25) is 14.5 Å². The fraction of sp³-hybridized carbons (Fsp3) is 0.357. The molecule has 2 unspecified atom stereocenters. The number of thioether (sulfide) groups is 1. The Hall–Kier alpha value is -2.60. The van der Waals surface area contributed by atoms with Crippen LogP contribution in [0.3, 0.4) is 0 Å². The van der Waals surface area contributed by atoms with E-state index in [0.717, 1.165) is 16.9 Å². The van der Waals surface area contributed by atoms with Crippen molar-refractivity contribution >= 4 is 51.7 Å². The van der Waals surface area contributed by atoms with Gasteiger partial charge in [-0.25, -0.2) is 9.78 Å². The second-order valence-corrected chi connectivity index (χ2v) is 7.58. The number of aromatic nitrogens is 1. The number of rotatable bonds is 4. The zero-order chi connectivity index (χ0) is 18.4. The van der Waals surface area contributed by atoms with Crippen molar-refractivity contribution in [1.82, 2.24) is 15.2 Å². The number of fused-ring (bicyclic) bond motifs is 2. The van der Waals surface area contributed by atoms with Crippen LogP contribution in [0.2, 0.25) is 0 Å². The topological polar surface area (TPSA) is 136 Å². The van der Waals surface area contributed by atoms with Crippen LogP contribution in [0, 0.1) is 0 Å². The summed E-state index contributed by atoms with van der Waals surface area (Å²) in [4.78, 5) is 47.0. The third-order valence-corrected chi connectivity index (χ3v) is 6.08. The molecule has 10 nitrogen and oxygen atoms in total. The van der Waals surface area contributed by atoms with Gasteiger partial charge in [-0.1, -0.05) is 5.16 Å². The van der Waals surface area contributed by atoms with Gasteiger partial charge >= 0.3 is 5.97 Å². The van der Waals surface area contributed by atoms with Crippen LogP contribution in [-0.4, -0.2) is 64.3 Å². The van der Waals surface area contributed by atoms with Gasteiger partial charge in [0.05, 0.1) is 0 Å². The number of β-lactam (4-membered cyclic amide) rings is 1. The first kappa shape index (κ1) is 16.8. The zero-order valence-electron chi connectivity index (χ0n) is 13.4. The van der Waals surface area contributed by atoms with E-state index in [4.69, 9.17) is 15.3 Å². The van der Waals surface area contributed by atoms with Gasteiger partial charge in [-0.15, -0.1) is 23.1 Å². The average Bonchev–Trinajstić information content (AvgIpc) is 3.22. The van der Waals surface area contributed by atoms with Gasteiger partial charge in [0.15, 0.2) is 10.8 Å². The molecule has 1 aromatic rings. The number of hydrogen-bond acceptors (Lipinski definition) is 10. The van der Waals surface area contributed by atoms with E-state index in [1.807, 2.05) is 0 Å². The molecule has 3 N–H and O–H groups in total. The van der Waals surface area contributed by atoms with E-state index in [9.17, 15) is 14.4 Å². The van der Waals surface area contributed by atoms with Gasteiger partial charge < -0.3 is 20.6 Å². The monoisotopic (exact) mass is 395 g/mol. The lowest BCUT2D eigenvalue weighted by atomic mass is 10.0. The highest BCUT2D eigenvalue weighted by molar-refractivity contribution is 8.00. The molecule has 2 atom stereocenters. The van der Waals surface area contributed by atoms with Crippen molar-refractivity contribution < 1.29 is 24.0 Å². The Labute approximate surface area is 155 Å². The number of oxime groups is 1. The Bertz CT molecular complexity index is 879. The molecule has 0 saturated carbocycles. The molecule has 0 radical (unpaired) electrons. The quantitative estimate of drug-likeness (QED) is 0.295. The van der Waals surface area contributed by atoms with E-state index in [1.165, 1.54) is 23.8 Å². The number of nitrogen functional groups attached to an aromatic ring is 1. The summed E-state index contributed by atoms with van der Waals surface area (Å²) in [6.07, 6.45) is 0. The van der Waals surface area contributed by atoms with E-state index in [0.29, 0.717) is 11.4 Å². The van der Waals surface area contributed by atoms with Crippen LogP contribution in [0.15, 0.2) is 21.8 Å². The summed E-state index contributed by atoms with van der Waals surface area (Å²) >= 11 is 2.62. The lowest BCUT2D eigenvalue weighted by Gasteiger charge is -2.48. The van der Waals surface area contributed by atoms with Gasteiger partial charge in [0, 0.05) is 16.7 Å². The standard InChI is InChI=1S/C14H13N5O5S2/c1-23-18-7(6-4-26-14(15)16-6)10(20)17-8-11(21)19-9-5(2-24-13(9)22)3-25-12(8)19/h4,8,12H,2-3H2,1H3,(H2,15,16)(H,17,20)/b18-7+. The van der Waals surface area contributed by atoms with Crippen LogP contribution >= 0.6 is 23.1 Å². The summed E-state index contributed by atoms with van der Waals surface area (Å²) < 4.78 is 4.99. The van der Waals surface area contributed by atoms with Crippen molar-refractivity contribution in [2.24, 2.45) is 5.16 Å². The number of esters is 1. The average molecular weight is 395 g/mol. The van der Waals surface area contributed by atoms with Crippen molar-refractivity contribution in [2.45, 2.75) is 11.4 Å². The molecule has 2 amide bonds. The fourth-order valence-corrected chi connectivity index (χ4v) is 4.78. The Morgan fingerprint density at radius 3 is 3.04 bits per heavy atom. The summed E-state index contributed by atoms with van der Waals surface area (Å²) in [7, 11) is 1.30. The SMILES string of the molecule is CO/N=C(/C(=O)NC1C(=O)N2C3=C(COC3=O)CSC12)c1csc(N)n1. The van der Waals surface area contributed by atoms with Gasteiger partial charge in [0.1, 0.15) is 36.5 Å². The molecule has 1 saturated heterocycles. The molecule has 0 bridgehead atoms. The second kappa shape index (κ2) is 6.29. The lowest BCUT2D eigenvalue weighted by Crippen LogP contribution is -2.70. The molecule has 0 spiro atoms. The third-order valence-electron chi connectivity index (χ3n) is 4.07. The summed E-state index contributed by atoms with van der Waals surface area (Å²) in [6.45, 7) is 0.213. The van der Waals surface area contributed by atoms with Gasteiger partial charge in [0.25, 0.3) is 11.8 Å². The molecule has 12 heteroatoms. The fourth-order valence-electron chi connectivity index (χ4n) is 2.91. The lowest BCUT2D eigenvalue weighted by molar-refractivity contribution is -0.150. The Morgan fingerprint density at radius 2 is 2.35 bits per heavy atom. The number of nitrogens with one attached hydrogen (secondary N) is 1. The summed E-state index contributed by atoms with van der Waals surface area (Å²) in [6, 6.07) is -0.770. The first-order valence-electron chi connectivity index (χ1n) is 7.48. The van der Waals surface area contributed by atoms with Crippen molar-refractivity contribution in [3.8, 4) is 0 Å². The summed E-state index contributed by atoms with van der Waals surface area (Å²) in [5, 5.41) is 7.82. The number of thiazole rings is 1. The first-order chi connectivity index (χ1) is 12.5. The van der Waals surface area contributed by atoms with Gasteiger partial charge in [-0.05, 0) is 0 Å². The number of ether oxygens (including phenoxy) is 1. The highest BCUT2D eigenvalue weighted by Gasteiger charge is 2.55. The Morgan fingerprint density at radius 1 is 1.54 bits per heavy atom. The summed E-state index contributed by atoms with van der Waals surface area (Å²) in [5.74, 6) is -0.896. The number of hydrogen-bond donors (Lipinski definition) is 2. The molecule has 4 heterocycles. The molecular formula is C14H13N5O5S2. The molecule has 3 aliphatic heterocycles. The highest BCUT2D eigenvalue weighted by atomic mass is 32.2. The van der Waals surface area contributed by atoms with Gasteiger partial charge in [0.2, 0.25) is 0 Å². The van der Waals surface area contributed by atoms with Crippen LogP contribution in [-0.2, 0) is 24.0 Å². The number of anilines is 1. The highest BCUT2D eigenvalue weighted by Crippen LogP contribution is 2.42. The zero-order valence-corrected chi connectivity index (χ0v) is 15.1. The molecule has 4 rings (SSSR count). The normalized spacial score (nSPS) is 24.7. The largest absolute Gasteiger partial charge is 0.456 e. The van der Waals surface area contributed by atoms with Crippen molar-refractivity contribution in [1.29, 1.82) is 0 Å². The minimum atomic E-state index is -0.770. The molecule has 0 aliphatic carbocycles. The van der Waals surface area contributed by atoms with Crippen LogP contribution in [0.1, 0.15) is 5.69 Å². The smallest absolute Gasteiger partial charge is 0.355 e. The molecule has 1 aromatic heterocycles. The van der Waals surface area contributed by atoms with E-state index in [-0.39, 0.29) is 34.4 Å². The van der Waals surface area contributed by atoms with Crippen molar-refractivity contribution in [3.63, 3.8) is 0 Å². The minimum Gasteiger partial charge on any atom is -0.456 e. The maximum atomic E-state index is 12.6. The Balaban J connectivity index is 1.51. The number of amides is 2. The summed E-state index contributed by atoms with van der Waals surface area (Å²) in [5.41, 5.74) is 6.88. The number of nitrogens with zero attached hydrogens (tertiary/aromatic N) is 3. The number of carbonyl (C=O) groups is 3. The predicted octanol–water partition coefficient (Wildman–Crippen LogP) is -0.713. The van der Waals surface area contributed by atoms with E-state index >= 15 is 0 Å². The van der Waals surface area contributed by atoms with Crippen LogP contribution in [0.25, 0.3) is 0 Å². The molecule has 136 valence electrons. The molecule has 26 heavy (non-hydrogen) atoms. The van der Waals surface area contributed by atoms with Crippen LogP contribution in [0.5, 0.6) is 0 Å². The first-order valence-corrected chi connectivity index (χ1v) is 9.41. The van der Waals surface area contributed by atoms with Crippen molar-refractivity contribution in [2.75, 3.05) is 25.2 Å². The van der Waals surface area contributed by atoms with Crippen molar-refractivity contribution in [3.05, 3.63) is 22.3 Å². The Kier molecular flexibility index (Phi) is 4.07. The third kappa shape index (κ3) is 2.52.